The van der Waals surface area contributed by atoms with Gasteiger partial charge in [0.1, 0.15) is 0 Å². The van der Waals surface area contributed by atoms with E-state index in [1.165, 1.54) is 0 Å². The van der Waals surface area contributed by atoms with Gasteiger partial charge in [-0.3, -0.25) is 0 Å². The van der Waals surface area contributed by atoms with Crippen molar-refractivity contribution in [3.8, 4) is 0 Å². The number of fused-ring (bicyclic) bond motifs is 1. The van der Waals surface area contributed by atoms with E-state index in [4.69, 9.17) is 5.73 Å². The molecule has 0 radical (unpaired) electrons. The first-order chi connectivity index (χ1) is 6.70. The average Bonchev–Trinajstić information content (AvgIpc) is 2.17. The monoisotopic (exact) mass is 251 g/mol. The maximum Gasteiger partial charge on any atom is 0.0902 e. The first kappa shape index (κ1) is 9.55. The summed E-state index contributed by atoms with van der Waals surface area (Å²) in [6, 6.07) is 5.85. The van der Waals surface area contributed by atoms with E-state index in [1.807, 2.05) is 25.1 Å². The normalized spacial score (nSPS) is 10.8. The van der Waals surface area contributed by atoms with Gasteiger partial charge >= 0.3 is 0 Å². The number of rotatable bonds is 1. The smallest absolute Gasteiger partial charge is 0.0902 e. The van der Waals surface area contributed by atoms with Crippen molar-refractivity contribution < 1.29 is 0 Å². The second-order valence-corrected chi connectivity index (χ2v) is 4.01. The van der Waals surface area contributed by atoms with Gasteiger partial charge in [0.25, 0.3) is 0 Å². The van der Waals surface area contributed by atoms with Gasteiger partial charge in [-0.1, -0.05) is 15.9 Å². The molecule has 0 aliphatic rings. The number of aryl methyl sites for hydroxylation is 1. The number of halogens is 1. The van der Waals surface area contributed by atoms with Gasteiger partial charge in [-0.25, -0.2) is 9.97 Å². The Kier molecular flexibility index (Phi) is 2.48. The number of hydrogen-bond acceptors (Lipinski definition) is 3. The standard InChI is InChI=1S/C10H10BrN3/c1-6-10(5-12)14-9-4-7(11)2-3-8(9)13-6/h2-4H,5,12H2,1H3. The third kappa shape index (κ3) is 1.63. The second kappa shape index (κ2) is 3.63. The zero-order valence-electron chi connectivity index (χ0n) is 7.79. The first-order valence-electron chi connectivity index (χ1n) is 4.33. The Morgan fingerprint density at radius 3 is 2.79 bits per heavy atom. The Balaban J connectivity index is 2.73. The van der Waals surface area contributed by atoms with E-state index in [0.717, 1.165) is 26.9 Å². The van der Waals surface area contributed by atoms with E-state index in [2.05, 4.69) is 25.9 Å². The average molecular weight is 252 g/mol. The number of nitrogens with two attached hydrogens (primary N) is 1. The van der Waals surface area contributed by atoms with Gasteiger partial charge < -0.3 is 5.73 Å². The van der Waals surface area contributed by atoms with Crippen LogP contribution in [0, 0.1) is 6.92 Å². The van der Waals surface area contributed by atoms with Gasteiger partial charge in [-0.15, -0.1) is 0 Å². The third-order valence-electron chi connectivity index (χ3n) is 2.09. The number of benzene rings is 1. The fourth-order valence-corrected chi connectivity index (χ4v) is 1.69. The highest BCUT2D eigenvalue weighted by Gasteiger charge is 2.03. The van der Waals surface area contributed by atoms with E-state index in [9.17, 15) is 0 Å². The van der Waals surface area contributed by atoms with Crippen LogP contribution in [0.3, 0.4) is 0 Å². The van der Waals surface area contributed by atoms with Crippen molar-refractivity contribution in [2.75, 3.05) is 0 Å². The van der Waals surface area contributed by atoms with Crippen molar-refractivity contribution in [3.05, 3.63) is 34.1 Å². The van der Waals surface area contributed by atoms with Crippen LogP contribution in [0.4, 0.5) is 0 Å². The van der Waals surface area contributed by atoms with Crippen molar-refractivity contribution in [1.82, 2.24) is 9.97 Å². The summed E-state index contributed by atoms with van der Waals surface area (Å²) in [4.78, 5) is 8.86. The summed E-state index contributed by atoms with van der Waals surface area (Å²) in [5.74, 6) is 0. The Labute approximate surface area is 90.5 Å². The molecule has 4 heteroatoms. The van der Waals surface area contributed by atoms with E-state index >= 15 is 0 Å². The molecule has 0 aliphatic carbocycles. The third-order valence-corrected chi connectivity index (χ3v) is 2.59. The predicted octanol–water partition coefficient (Wildman–Crippen LogP) is 2.16. The van der Waals surface area contributed by atoms with E-state index in [0.29, 0.717) is 6.54 Å². The Bertz CT molecular complexity index is 482. The molecule has 1 heterocycles. The molecule has 2 N–H and O–H groups in total. The van der Waals surface area contributed by atoms with Crippen LogP contribution < -0.4 is 5.73 Å². The van der Waals surface area contributed by atoms with E-state index in [1.54, 1.807) is 0 Å². The zero-order chi connectivity index (χ0) is 10.1. The highest BCUT2D eigenvalue weighted by molar-refractivity contribution is 9.10. The van der Waals surface area contributed by atoms with Crippen molar-refractivity contribution in [3.63, 3.8) is 0 Å². The zero-order valence-corrected chi connectivity index (χ0v) is 9.37. The Morgan fingerprint density at radius 1 is 1.29 bits per heavy atom. The van der Waals surface area contributed by atoms with Crippen LogP contribution in [0.2, 0.25) is 0 Å². The largest absolute Gasteiger partial charge is 0.325 e. The quantitative estimate of drug-likeness (QED) is 0.846. The molecule has 0 fully saturated rings. The fourth-order valence-electron chi connectivity index (χ4n) is 1.35. The maximum atomic E-state index is 5.57. The van der Waals surface area contributed by atoms with E-state index < -0.39 is 0 Å². The van der Waals surface area contributed by atoms with E-state index in [-0.39, 0.29) is 0 Å². The number of hydrogen-bond donors (Lipinski definition) is 1. The minimum atomic E-state index is 0.432. The highest BCUT2D eigenvalue weighted by Crippen LogP contribution is 2.17. The molecule has 0 amide bonds. The molecule has 0 bridgehead atoms. The highest BCUT2D eigenvalue weighted by atomic mass is 79.9. The van der Waals surface area contributed by atoms with Gasteiger partial charge in [0.15, 0.2) is 0 Å². The summed E-state index contributed by atoms with van der Waals surface area (Å²) < 4.78 is 1.01. The molecule has 0 aliphatic heterocycles. The van der Waals surface area contributed by atoms with Gasteiger partial charge in [0.05, 0.1) is 22.4 Å². The molecule has 2 rings (SSSR count). The lowest BCUT2D eigenvalue weighted by atomic mass is 10.2. The van der Waals surface area contributed by atoms with Gasteiger partial charge in [-0.05, 0) is 25.1 Å². The molecule has 0 atom stereocenters. The summed E-state index contributed by atoms with van der Waals surface area (Å²) in [6.07, 6.45) is 0. The topological polar surface area (TPSA) is 51.8 Å². The molecule has 0 spiro atoms. The molecule has 1 aromatic carbocycles. The lowest BCUT2D eigenvalue weighted by Crippen LogP contribution is -2.04. The lowest BCUT2D eigenvalue weighted by Gasteiger charge is -2.04. The molecular weight excluding hydrogens is 242 g/mol. The molecule has 1 aromatic heterocycles. The van der Waals surface area contributed by atoms with Crippen molar-refractivity contribution in [2.24, 2.45) is 5.73 Å². The molecule has 72 valence electrons. The minimum absolute atomic E-state index is 0.432. The van der Waals surface area contributed by atoms with Crippen molar-refractivity contribution >= 4 is 27.0 Å². The first-order valence-corrected chi connectivity index (χ1v) is 5.13. The van der Waals surface area contributed by atoms with Crippen LogP contribution in [0.15, 0.2) is 22.7 Å². The second-order valence-electron chi connectivity index (χ2n) is 3.09. The Hall–Kier alpha value is -1.00. The summed E-state index contributed by atoms with van der Waals surface area (Å²) in [6.45, 7) is 2.36. The van der Waals surface area contributed by atoms with Gasteiger partial charge in [-0.2, -0.15) is 0 Å². The fraction of sp³-hybridized carbons (Fsp3) is 0.200. The van der Waals surface area contributed by atoms with Gasteiger partial charge in [0.2, 0.25) is 0 Å². The maximum absolute atomic E-state index is 5.57. The minimum Gasteiger partial charge on any atom is -0.325 e. The summed E-state index contributed by atoms with van der Waals surface area (Å²) in [5, 5.41) is 0. The van der Waals surface area contributed by atoms with Crippen molar-refractivity contribution in [1.29, 1.82) is 0 Å². The van der Waals surface area contributed by atoms with Crippen LogP contribution in [-0.2, 0) is 6.54 Å². The van der Waals surface area contributed by atoms with Crippen LogP contribution in [0.1, 0.15) is 11.4 Å². The SMILES string of the molecule is Cc1nc2ccc(Br)cc2nc1CN. The Morgan fingerprint density at radius 2 is 2.07 bits per heavy atom. The molecule has 0 saturated heterocycles. The molecular formula is C10H10BrN3. The number of nitrogens with zero attached hydrogens (tertiary/aromatic N) is 2. The summed E-state index contributed by atoms with van der Waals surface area (Å²) >= 11 is 3.40. The van der Waals surface area contributed by atoms with Crippen LogP contribution in [0.5, 0.6) is 0 Å². The van der Waals surface area contributed by atoms with Crippen LogP contribution in [-0.4, -0.2) is 9.97 Å². The van der Waals surface area contributed by atoms with Crippen LogP contribution in [0.25, 0.3) is 11.0 Å². The van der Waals surface area contributed by atoms with Gasteiger partial charge in [0, 0.05) is 11.0 Å². The van der Waals surface area contributed by atoms with Crippen LogP contribution >= 0.6 is 15.9 Å². The lowest BCUT2D eigenvalue weighted by molar-refractivity contribution is 0.954. The molecule has 3 nitrogen and oxygen atoms in total. The molecule has 0 unspecified atom stereocenters. The summed E-state index contributed by atoms with van der Waals surface area (Å²) in [5.41, 5.74) is 9.11. The molecule has 2 aromatic rings. The predicted molar refractivity (Wildman–Crippen MR) is 59.9 cm³/mol. The van der Waals surface area contributed by atoms with Crippen molar-refractivity contribution in [2.45, 2.75) is 13.5 Å². The number of aromatic nitrogens is 2. The molecule has 14 heavy (non-hydrogen) atoms. The molecule has 0 saturated carbocycles. The summed E-state index contributed by atoms with van der Waals surface area (Å²) in [7, 11) is 0.